The van der Waals surface area contributed by atoms with E-state index in [1.165, 1.54) is 13.2 Å². The van der Waals surface area contributed by atoms with Crippen molar-refractivity contribution in [2.75, 3.05) is 25.2 Å². The number of esters is 1. The topological polar surface area (TPSA) is 81.7 Å². The summed E-state index contributed by atoms with van der Waals surface area (Å²) >= 11 is 0. The molecule has 0 aliphatic heterocycles. The summed E-state index contributed by atoms with van der Waals surface area (Å²) in [6.07, 6.45) is 2.94. The third kappa shape index (κ3) is 4.98. The number of carbonyl (C=O) groups excluding carboxylic acids is 1. The zero-order valence-electron chi connectivity index (χ0n) is 15.1. The molecule has 0 radical (unpaired) electrons. The standard InChI is InChI=1S/C19H23NO5S/c1-4-5-11-20-16-12-14(19(21)24-2)13-17(26(3,22)23)18(16)25-15-9-7-6-8-10-15/h6-10,12-13,20H,4-5,11H2,1-3H3. The van der Waals surface area contributed by atoms with Gasteiger partial charge in [0.05, 0.1) is 18.4 Å². The first kappa shape index (κ1) is 19.8. The predicted molar refractivity (Wildman–Crippen MR) is 101 cm³/mol. The molecule has 0 saturated heterocycles. The number of benzene rings is 2. The van der Waals surface area contributed by atoms with Crippen LogP contribution in [0.25, 0.3) is 0 Å². The number of nitrogens with one attached hydrogen (secondary N) is 1. The van der Waals surface area contributed by atoms with Gasteiger partial charge in [0.2, 0.25) is 0 Å². The number of unbranched alkanes of at least 4 members (excludes halogenated alkanes) is 1. The quantitative estimate of drug-likeness (QED) is 0.555. The first-order valence-electron chi connectivity index (χ1n) is 8.30. The highest BCUT2D eigenvalue weighted by Gasteiger charge is 2.23. The third-order valence-electron chi connectivity index (χ3n) is 3.68. The molecule has 2 aromatic rings. The van der Waals surface area contributed by atoms with Crippen LogP contribution >= 0.6 is 0 Å². The molecule has 7 heteroatoms. The zero-order valence-corrected chi connectivity index (χ0v) is 15.9. The van der Waals surface area contributed by atoms with E-state index in [2.05, 4.69) is 12.2 Å². The smallest absolute Gasteiger partial charge is 0.337 e. The highest BCUT2D eigenvalue weighted by Crippen LogP contribution is 2.37. The Kier molecular flexibility index (Phi) is 6.63. The summed E-state index contributed by atoms with van der Waals surface area (Å²) in [6.45, 7) is 2.67. The van der Waals surface area contributed by atoms with Crippen molar-refractivity contribution >= 4 is 21.5 Å². The van der Waals surface area contributed by atoms with Gasteiger partial charge in [-0.05, 0) is 30.7 Å². The van der Waals surface area contributed by atoms with E-state index < -0.39 is 15.8 Å². The summed E-state index contributed by atoms with van der Waals surface area (Å²) in [4.78, 5) is 11.9. The van der Waals surface area contributed by atoms with Gasteiger partial charge in [0.25, 0.3) is 0 Å². The number of hydrogen-bond acceptors (Lipinski definition) is 6. The molecule has 2 aromatic carbocycles. The van der Waals surface area contributed by atoms with E-state index in [4.69, 9.17) is 9.47 Å². The van der Waals surface area contributed by atoms with Gasteiger partial charge in [-0.1, -0.05) is 31.5 Å². The van der Waals surface area contributed by atoms with E-state index in [9.17, 15) is 13.2 Å². The van der Waals surface area contributed by atoms with Gasteiger partial charge in [0.1, 0.15) is 10.6 Å². The first-order chi connectivity index (χ1) is 12.4. The van der Waals surface area contributed by atoms with Gasteiger partial charge in [0.15, 0.2) is 15.6 Å². The number of hydrogen-bond donors (Lipinski definition) is 1. The first-order valence-corrected chi connectivity index (χ1v) is 10.2. The van der Waals surface area contributed by atoms with Crippen LogP contribution in [-0.2, 0) is 14.6 Å². The van der Waals surface area contributed by atoms with Crippen molar-refractivity contribution in [3.8, 4) is 11.5 Å². The van der Waals surface area contributed by atoms with Crippen LogP contribution in [0.3, 0.4) is 0 Å². The number of anilines is 1. The van der Waals surface area contributed by atoms with Gasteiger partial charge < -0.3 is 14.8 Å². The minimum Gasteiger partial charge on any atom is -0.465 e. The summed E-state index contributed by atoms with van der Waals surface area (Å²) in [5.74, 6) is 0.0592. The van der Waals surface area contributed by atoms with Crippen molar-refractivity contribution in [3.63, 3.8) is 0 Å². The Balaban J connectivity index is 2.60. The lowest BCUT2D eigenvalue weighted by molar-refractivity contribution is 0.0600. The molecule has 0 fully saturated rings. The fourth-order valence-corrected chi connectivity index (χ4v) is 3.19. The van der Waals surface area contributed by atoms with Gasteiger partial charge in [0, 0.05) is 12.8 Å². The Hall–Kier alpha value is -2.54. The molecule has 26 heavy (non-hydrogen) atoms. The fraction of sp³-hybridized carbons (Fsp3) is 0.316. The molecular formula is C19H23NO5S. The Morgan fingerprint density at radius 3 is 2.42 bits per heavy atom. The molecule has 0 bridgehead atoms. The van der Waals surface area contributed by atoms with Crippen LogP contribution in [0.1, 0.15) is 30.1 Å². The lowest BCUT2D eigenvalue weighted by Crippen LogP contribution is -2.10. The Morgan fingerprint density at radius 1 is 1.15 bits per heavy atom. The molecule has 6 nitrogen and oxygen atoms in total. The maximum absolute atomic E-state index is 12.3. The minimum atomic E-state index is -3.64. The van der Waals surface area contributed by atoms with Crippen LogP contribution in [-0.4, -0.2) is 34.3 Å². The Morgan fingerprint density at radius 2 is 1.85 bits per heavy atom. The summed E-state index contributed by atoms with van der Waals surface area (Å²) in [5, 5.41) is 3.17. The SMILES string of the molecule is CCCCNc1cc(C(=O)OC)cc(S(C)(=O)=O)c1Oc1ccccc1. The molecule has 0 spiro atoms. The van der Waals surface area contributed by atoms with Crippen LogP contribution in [0.15, 0.2) is 47.4 Å². The van der Waals surface area contributed by atoms with E-state index in [1.807, 2.05) is 6.07 Å². The summed E-state index contributed by atoms with van der Waals surface area (Å²) in [5.41, 5.74) is 0.581. The van der Waals surface area contributed by atoms with Crippen molar-refractivity contribution in [1.82, 2.24) is 0 Å². The van der Waals surface area contributed by atoms with Crippen molar-refractivity contribution in [1.29, 1.82) is 0 Å². The van der Waals surface area contributed by atoms with Crippen molar-refractivity contribution < 1.29 is 22.7 Å². The van der Waals surface area contributed by atoms with Crippen molar-refractivity contribution in [2.24, 2.45) is 0 Å². The van der Waals surface area contributed by atoms with Crippen molar-refractivity contribution in [3.05, 3.63) is 48.0 Å². The fourth-order valence-electron chi connectivity index (χ4n) is 2.36. The van der Waals surface area contributed by atoms with Crippen LogP contribution in [0.5, 0.6) is 11.5 Å². The van der Waals surface area contributed by atoms with Crippen molar-refractivity contribution in [2.45, 2.75) is 24.7 Å². The minimum absolute atomic E-state index is 0.0664. The predicted octanol–water partition coefficient (Wildman–Crippen LogP) is 3.88. The van der Waals surface area contributed by atoms with E-state index >= 15 is 0 Å². The van der Waals surface area contributed by atoms with E-state index in [0.717, 1.165) is 19.1 Å². The average molecular weight is 377 g/mol. The van der Waals surface area contributed by atoms with Crippen LogP contribution in [0, 0.1) is 0 Å². The molecule has 0 aromatic heterocycles. The van der Waals surface area contributed by atoms with Gasteiger partial charge in [-0.15, -0.1) is 0 Å². The second-order valence-electron chi connectivity index (χ2n) is 5.81. The molecular weight excluding hydrogens is 354 g/mol. The number of rotatable bonds is 8. The van der Waals surface area contributed by atoms with E-state index in [1.54, 1.807) is 30.3 Å². The number of ether oxygens (including phenoxy) is 2. The lowest BCUT2D eigenvalue weighted by atomic mass is 10.1. The van der Waals surface area contributed by atoms with Gasteiger partial charge in [-0.2, -0.15) is 0 Å². The molecule has 0 unspecified atom stereocenters. The molecule has 0 aliphatic rings. The molecule has 2 rings (SSSR count). The largest absolute Gasteiger partial charge is 0.465 e. The zero-order chi connectivity index (χ0) is 19.2. The van der Waals surface area contributed by atoms with E-state index in [-0.39, 0.29) is 16.2 Å². The second-order valence-corrected chi connectivity index (χ2v) is 7.79. The molecule has 0 heterocycles. The molecule has 0 aliphatic carbocycles. The normalized spacial score (nSPS) is 11.0. The molecule has 1 N–H and O–H groups in total. The number of carbonyl (C=O) groups is 1. The number of methoxy groups -OCH3 is 1. The second kappa shape index (κ2) is 8.71. The summed E-state index contributed by atoms with van der Waals surface area (Å²) < 4.78 is 35.3. The maximum atomic E-state index is 12.3. The monoisotopic (exact) mass is 377 g/mol. The lowest BCUT2D eigenvalue weighted by Gasteiger charge is -2.17. The van der Waals surface area contributed by atoms with Gasteiger partial charge >= 0.3 is 5.97 Å². The Labute approximate surface area is 154 Å². The molecule has 0 amide bonds. The van der Waals surface area contributed by atoms with Gasteiger partial charge in [-0.25, -0.2) is 13.2 Å². The summed E-state index contributed by atoms with van der Waals surface area (Å²) in [7, 11) is -2.39. The Bertz CT molecular complexity index is 863. The molecule has 140 valence electrons. The van der Waals surface area contributed by atoms with Gasteiger partial charge in [-0.3, -0.25) is 0 Å². The van der Waals surface area contributed by atoms with Crippen LogP contribution in [0.2, 0.25) is 0 Å². The highest BCUT2D eigenvalue weighted by atomic mass is 32.2. The van der Waals surface area contributed by atoms with Crippen LogP contribution in [0.4, 0.5) is 5.69 Å². The highest BCUT2D eigenvalue weighted by molar-refractivity contribution is 7.90. The molecule has 0 saturated carbocycles. The van der Waals surface area contributed by atoms with Crippen LogP contribution < -0.4 is 10.1 Å². The average Bonchev–Trinajstić information content (AvgIpc) is 2.62. The maximum Gasteiger partial charge on any atom is 0.337 e. The van der Waals surface area contributed by atoms with E-state index in [0.29, 0.717) is 18.0 Å². The number of para-hydroxylation sites is 1. The third-order valence-corrected chi connectivity index (χ3v) is 4.79. The molecule has 0 atom stereocenters. The number of sulfone groups is 1. The summed E-state index contributed by atoms with van der Waals surface area (Å²) in [6, 6.07) is 11.7.